The normalized spacial score (nSPS) is 29.2. The summed E-state index contributed by atoms with van der Waals surface area (Å²) in [5.41, 5.74) is 0.996. The highest BCUT2D eigenvalue weighted by atomic mass is 19.1. The van der Waals surface area contributed by atoms with Crippen molar-refractivity contribution >= 4 is 5.69 Å². The van der Waals surface area contributed by atoms with Crippen LogP contribution in [-0.4, -0.2) is 5.54 Å². The lowest BCUT2D eigenvalue weighted by molar-refractivity contribution is 0.167. The number of hydrogen-bond donors (Lipinski definition) is 1. The second kappa shape index (κ2) is 6.05. The standard InChI is InChI=1S/C18H25FN2/c1-12(2)17-6-5-13(3)10-18(17,11-20)21-16-8-14(4)7-15(19)9-16/h7-9,12-13,17,21H,5-6,10H2,1-4H3. The van der Waals surface area contributed by atoms with Crippen LogP contribution in [0.3, 0.4) is 0 Å². The lowest BCUT2D eigenvalue weighted by Gasteiger charge is -2.44. The van der Waals surface area contributed by atoms with E-state index < -0.39 is 5.54 Å². The van der Waals surface area contributed by atoms with Crippen molar-refractivity contribution in [3.8, 4) is 6.07 Å². The van der Waals surface area contributed by atoms with Crippen molar-refractivity contribution in [3.63, 3.8) is 0 Å². The molecule has 1 aliphatic rings. The summed E-state index contributed by atoms with van der Waals surface area (Å²) >= 11 is 0. The van der Waals surface area contributed by atoms with Crippen LogP contribution in [0.2, 0.25) is 0 Å². The second-order valence-corrected chi connectivity index (χ2v) is 6.96. The van der Waals surface area contributed by atoms with Crippen LogP contribution in [-0.2, 0) is 0 Å². The molecule has 0 aromatic heterocycles. The van der Waals surface area contributed by atoms with E-state index in [1.165, 1.54) is 12.1 Å². The van der Waals surface area contributed by atoms with Crippen molar-refractivity contribution in [2.45, 2.75) is 52.5 Å². The molecule has 0 radical (unpaired) electrons. The van der Waals surface area contributed by atoms with E-state index in [0.29, 0.717) is 23.4 Å². The molecular weight excluding hydrogens is 263 g/mol. The Morgan fingerprint density at radius 3 is 2.62 bits per heavy atom. The fourth-order valence-corrected chi connectivity index (χ4v) is 3.78. The van der Waals surface area contributed by atoms with Crippen molar-refractivity contribution in [2.75, 3.05) is 5.32 Å². The van der Waals surface area contributed by atoms with Crippen LogP contribution in [0.4, 0.5) is 10.1 Å². The van der Waals surface area contributed by atoms with E-state index in [9.17, 15) is 9.65 Å². The number of nitrogens with one attached hydrogen (secondary N) is 1. The van der Waals surface area contributed by atoms with Crippen LogP contribution < -0.4 is 5.32 Å². The molecule has 0 saturated heterocycles. The first-order chi connectivity index (χ1) is 9.86. The molecule has 1 aromatic rings. The van der Waals surface area contributed by atoms with E-state index in [-0.39, 0.29) is 5.82 Å². The van der Waals surface area contributed by atoms with Gasteiger partial charge in [0.25, 0.3) is 0 Å². The van der Waals surface area contributed by atoms with E-state index in [0.717, 1.165) is 24.8 Å². The lowest BCUT2D eigenvalue weighted by Crippen LogP contribution is -2.50. The highest BCUT2D eigenvalue weighted by molar-refractivity contribution is 5.50. The summed E-state index contributed by atoms with van der Waals surface area (Å²) in [7, 11) is 0. The summed E-state index contributed by atoms with van der Waals surface area (Å²) in [6.45, 7) is 8.41. The summed E-state index contributed by atoms with van der Waals surface area (Å²) in [5.74, 6) is 0.985. The first kappa shape index (κ1) is 15.8. The molecule has 1 N–H and O–H groups in total. The molecule has 2 nitrogen and oxygen atoms in total. The monoisotopic (exact) mass is 288 g/mol. The third-order valence-corrected chi connectivity index (χ3v) is 4.69. The van der Waals surface area contributed by atoms with Gasteiger partial charge >= 0.3 is 0 Å². The Morgan fingerprint density at radius 1 is 1.33 bits per heavy atom. The first-order valence-corrected chi connectivity index (χ1v) is 7.83. The molecule has 2 rings (SSSR count). The van der Waals surface area contributed by atoms with Gasteiger partial charge in [-0.25, -0.2) is 4.39 Å². The molecule has 3 atom stereocenters. The predicted molar refractivity (Wildman–Crippen MR) is 84.4 cm³/mol. The quantitative estimate of drug-likeness (QED) is 0.858. The zero-order valence-electron chi connectivity index (χ0n) is 13.4. The average molecular weight is 288 g/mol. The van der Waals surface area contributed by atoms with Gasteiger partial charge in [0.2, 0.25) is 0 Å². The van der Waals surface area contributed by atoms with Gasteiger partial charge in [0.15, 0.2) is 0 Å². The number of benzene rings is 1. The Balaban J connectivity index is 2.36. The highest BCUT2D eigenvalue weighted by Gasteiger charge is 2.44. The zero-order valence-corrected chi connectivity index (χ0v) is 13.4. The Bertz CT molecular complexity index is 526. The smallest absolute Gasteiger partial charge is 0.128 e. The Labute approximate surface area is 127 Å². The van der Waals surface area contributed by atoms with Crippen molar-refractivity contribution < 1.29 is 4.39 Å². The van der Waals surface area contributed by atoms with Gasteiger partial charge in [-0.2, -0.15) is 5.26 Å². The number of rotatable bonds is 3. The number of nitrogens with zero attached hydrogens (tertiary/aromatic N) is 1. The highest BCUT2D eigenvalue weighted by Crippen LogP contribution is 2.42. The maximum absolute atomic E-state index is 13.6. The van der Waals surface area contributed by atoms with Gasteiger partial charge in [0.05, 0.1) is 6.07 Å². The Morgan fingerprint density at radius 2 is 2.05 bits per heavy atom. The number of nitriles is 1. The minimum absolute atomic E-state index is 0.254. The summed E-state index contributed by atoms with van der Waals surface area (Å²) < 4.78 is 13.6. The molecular formula is C18H25FN2. The van der Waals surface area contributed by atoms with Crippen LogP contribution >= 0.6 is 0 Å². The van der Waals surface area contributed by atoms with Gasteiger partial charge in [-0.1, -0.05) is 27.2 Å². The third-order valence-electron chi connectivity index (χ3n) is 4.69. The van der Waals surface area contributed by atoms with Crippen molar-refractivity contribution in [3.05, 3.63) is 29.6 Å². The molecule has 0 heterocycles. The van der Waals surface area contributed by atoms with Crippen molar-refractivity contribution in [2.24, 2.45) is 17.8 Å². The fourth-order valence-electron chi connectivity index (χ4n) is 3.78. The van der Waals surface area contributed by atoms with Crippen LogP contribution in [0.5, 0.6) is 0 Å². The average Bonchev–Trinajstić information content (AvgIpc) is 2.36. The molecule has 21 heavy (non-hydrogen) atoms. The van der Waals surface area contributed by atoms with Gasteiger partial charge in [-0.05, 0) is 61.3 Å². The van der Waals surface area contributed by atoms with Crippen molar-refractivity contribution in [1.82, 2.24) is 0 Å². The maximum atomic E-state index is 13.6. The molecule has 0 spiro atoms. The van der Waals surface area contributed by atoms with Gasteiger partial charge < -0.3 is 5.32 Å². The Kier molecular flexibility index (Phi) is 4.56. The molecule has 1 saturated carbocycles. The summed E-state index contributed by atoms with van der Waals surface area (Å²) in [6.07, 6.45) is 3.03. The minimum Gasteiger partial charge on any atom is -0.367 e. The second-order valence-electron chi connectivity index (χ2n) is 6.96. The SMILES string of the molecule is Cc1cc(F)cc(NC2(C#N)CC(C)CCC2C(C)C)c1. The van der Waals surface area contributed by atoms with Crippen molar-refractivity contribution in [1.29, 1.82) is 5.26 Å². The molecule has 1 fully saturated rings. The Hall–Kier alpha value is -1.56. The van der Waals surface area contributed by atoms with Gasteiger partial charge in [-0.3, -0.25) is 0 Å². The zero-order chi connectivity index (χ0) is 15.6. The molecule has 0 bridgehead atoms. The lowest BCUT2D eigenvalue weighted by atomic mass is 9.65. The summed E-state index contributed by atoms with van der Waals surface area (Å²) in [4.78, 5) is 0. The van der Waals surface area contributed by atoms with E-state index in [1.807, 2.05) is 13.0 Å². The molecule has 1 aromatic carbocycles. The largest absolute Gasteiger partial charge is 0.367 e. The van der Waals surface area contributed by atoms with E-state index in [1.54, 1.807) is 0 Å². The van der Waals surface area contributed by atoms with Crippen LogP contribution in [0.25, 0.3) is 0 Å². The van der Waals surface area contributed by atoms with E-state index in [2.05, 4.69) is 32.2 Å². The number of halogens is 1. The molecule has 3 unspecified atom stereocenters. The molecule has 1 aliphatic carbocycles. The van der Waals surface area contributed by atoms with Gasteiger partial charge in [-0.15, -0.1) is 0 Å². The van der Waals surface area contributed by atoms with Crippen LogP contribution in [0.15, 0.2) is 18.2 Å². The number of anilines is 1. The van der Waals surface area contributed by atoms with E-state index >= 15 is 0 Å². The topological polar surface area (TPSA) is 35.8 Å². The molecule has 0 amide bonds. The predicted octanol–water partition coefficient (Wildman–Crippen LogP) is 4.90. The summed E-state index contributed by atoms with van der Waals surface area (Å²) in [6, 6.07) is 7.45. The van der Waals surface area contributed by atoms with Gasteiger partial charge in [0, 0.05) is 5.69 Å². The van der Waals surface area contributed by atoms with Crippen LogP contribution in [0, 0.1) is 41.8 Å². The molecule has 114 valence electrons. The van der Waals surface area contributed by atoms with Crippen LogP contribution in [0.1, 0.15) is 45.6 Å². The fraction of sp³-hybridized carbons (Fsp3) is 0.611. The van der Waals surface area contributed by atoms with Gasteiger partial charge in [0.1, 0.15) is 11.4 Å². The third kappa shape index (κ3) is 3.37. The maximum Gasteiger partial charge on any atom is 0.128 e. The summed E-state index contributed by atoms with van der Waals surface area (Å²) in [5, 5.41) is 13.3. The number of aryl methyl sites for hydroxylation is 1. The number of hydrogen-bond acceptors (Lipinski definition) is 2. The minimum atomic E-state index is -0.591. The molecule has 0 aliphatic heterocycles. The first-order valence-electron chi connectivity index (χ1n) is 7.83. The van der Waals surface area contributed by atoms with E-state index in [4.69, 9.17) is 0 Å². The molecule has 3 heteroatoms.